The van der Waals surface area contributed by atoms with Gasteiger partial charge in [-0.1, -0.05) is 38.1 Å². The summed E-state index contributed by atoms with van der Waals surface area (Å²) in [7, 11) is 0. The summed E-state index contributed by atoms with van der Waals surface area (Å²) < 4.78 is 16.2. The molecule has 0 aliphatic carbocycles. The first-order valence-electron chi connectivity index (χ1n) is 9.00. The Balaban J connectivity index is 1.34. The standard InChI is InChI=1S/C21H25NO4/c1-15(2)17-6-3-16(4-7-17)5-10-21(23)22-11-12-24-18-8-9-19-20(13-18)26-14-25-19/h3-4,6-9,13,15H,5,10-12,14H2,1-2H3,(H,22,23). The number of fused-ring (bicyclic) bond motifs is 1. The van der Waals surface area contributed by atoms with Gasteiger partial charge in [-0.3, -0.25) is 4.79 Å². The number of rotatable bonds is 8. The van der Waals surface area contributed by atoms with Crippen LogP contribution in [0.15, 0.2) is 42.5 Å². The van der Waals surface area contributed by atoms with Crippen LogP contribution in [0, 0.1) is 0 Å². The van der Waals surface area contributed by atoms with Gasteiger partial charge in [-0.2, -0.15) is 0 Å². The van der Waals surface area contributed by atoms with Crippen LogP contribution in [0.4, 0.5) is 0 Å². The molecule has 0 saturated carbocycles. The lowest BCUT2D eigenvalue weighted by atomic mass is 10.0. The average molecular weight is 355 g/mol. The van der Waals surface area contributed by atoms with Gasteiger partial charge in [-0.15, -0.1) is 0 Å². The van der Waals surface area contributed by atoms with Crippen molar-refractivity contribution in [2.45, 2.75) is 32.6 Å². The van der Waals surface area contributed by atoms with Gasteiger partial charge in [0.05, 0.1) is 6.54 Å². The molecule has 26 heavy (non-hydrogen) atoms. The molecule has 1 aliphatic heterocycles. The highest BCUT2D eigenvalue weighted by molar-refractivity contribution is 5.76. The maximum atomic E-state index is 12.0. The van der Waals surface area contributed by atoms with Crippen LogP contribution in [0.3, 0.4) is 0 Å². The van der Waals surface area contributed by atoms with Crippen LogP contribution in [-0.2, 0) is 11.2 Å². The Labute approximate surface area is 154 Å². The quantitative estimate of drug-likeness (QED) is 0.734. The summed E-state index contributed by atoms with van der Waals surface area (Å²) in [6.07, 6.45) is 1.22. The molecule has 1 N–H and O–H groups in total. The highest BCUT2D eigenvalue weighted by atomic mass is 16.7. The molecule has 1 aliphatic rings. The number of benzene rings is 2. The predicted octanol–water partition coefficient (Wildman–Crippen LogP) is 3.67. The van der Waals surface area contributed by atoms with E-state index in [-0.39, 0.29) is 12.7 Å². The smallest absolute Gasteiger partial charge is 0.231 e. The Morgan fingerprint density at radius 1 is 1.12 bits per heavy atom. The highest BCUT2D eigenvalue weighted by Crippen LogP contribution is 2.34. The van der Waals surface area contributed by atoms with Crippen molar-refractivity contribution >= 4 is 5.91 Å². The number of carbonyl (C=O) groups is 1. The van der Waals surface area contributed by atoms with Gasteiger partial charge in [0.2, 0.25) is 12.7 Å². The molecule has 0 bridgehead atoms. The molecular weight excluding hydrogens is 330 g/mol. The van der Waals surface area contributed by atoms with Gasteiger partial charge in [0, 0.05) is 12.5 Å². The highest BCUT2D eigenvalue weighted by Gasteiger charge is 2.13. The number of ether oxygens (including phenoxy) is 3. The molecule has 0 aromatic heterocycles. The average Bonchev–Trinajstić information content (AvgIpc) is 3.11. The van der Waals surface area contributed by atoms with E-state index in [2.05, 4.69) is 43.4 Å². The molecule has 0 saturated heterocycles. The number of amides is 1. The minimum absolute atomic E-state index is 0.0345. The van der Waals surface area contributed by atoms with Crippen molar-refractivity contribution in [3.8, 4) is 17.2 Å². The molecule has 0 spiro atoms. The first kappa shape index (κ1) is 18.1. The maximum absolute atomic E-state index is 12.0. The molecule has 5 nitrogen and oxygen atoms in total. The summed E-state index contributed by atoms with van der Waals surface area (Å²) >= 11 is 0. The second kappa shape index (κ2) is 8.61. The van der Waals surface area contributed by atoms with Gasteiger partial charge in [-0.25, -0.2) is 0 Å². The van der Waals surface area contributed by atoms with Crippen LogP contribution in [0.5, 0.6) is 17.2 Å². The summed E-state index contributed by atoms with van der Waals surface area (Å²) in [6.45, 7) is 5.48. The molecule has 3 rings (SSSR count). The Bertz CT molecular complexity index is 740. The van der Waals surface area contributed by atoms with Crippen molar-refractivity contribution < 1.29 is 19.0 Å². The van der Waals surface area contributed by atoms with E-state index in [1.165, 1.54) is 11.1 Å². The topological polar surface area (TPSA) is 56.8 Å². The van der Waals surface area contributed by atoms with Crippen LogP contribution < -0.4 is 19.5 Å². The Morgan fingerprint density at radius 2 is 1.88 bits per heavy atom. The zero-order valence-corrected chi connectivity index (χ0v) is 15.3. The second-order valence-corrected chi connectivity index (χ2v) is 6.61. The van der Waals surface area contributed by atoms with E-state index in [0.717, 1.165) is 12.2 Å². The molecule has 1 heterocycles. The molecule has 5 heteroatoms. The predicted molar refractivity (Wildman–Crippen MR) is 99.9 cm³/mol. The number of aryl methyl sites for hydroxylation is 1. The van der Waals surface area contributed by atoms with E-state index in [9.17, 15) is 4.79 Å². The zero-order valence-electron chi connectivity index (χ0n) is 15.3. The Kier molecular flexibility index (Phi) is 6.00. The third kappa shape index (κ3) is 4.91. The summed E-state index contributed by atoms with van der Waals surface area (Å²) in [5.41, 5.74) is 2.50. The zero-order chi connectivity index (χ0) is 18.4. The van der Waals surface area contributed by atoms with Crippen molar-refractivity contribution in [1.82, 2.24) is 5.32 Å². The first-order valence-corrected chi connectivity index (χ1v) is 9.00. The number of nitrogens with one attached hydrogen (secondary N) is 1. The molecular formula is C21H25NO4. The number of hydrogen-bond acceptors (Lipinski definition) is 4. The lowest BCUT2D eigenvalue weighted by Crippen LogP contribution is -2.28. The van der Waals surface area contributed by atoms with Crippen molar-refractivity contribution in [2.24, 2.45) is 0 Å². The van der Waals surface area contributed by atoms with Gasteiger partial charge in [-0.05, 0) is 35.6 Å². The SMILES string of the molecule is CC(C)c1ccc(CCC(=O)NCCOc2ccc3c(c2)OCO3)cc1. The van der Waals surface area contributed by atoms with Crippen LogP contribution in [0.25, 0.3) is 0 Å². The monoisotopic (exact) mass is 355 g/mol. The van der Waals surface area contributed by atoms with Gasteiger partial charge in [0.1, 0.15) is 12.4 Å². The van der Waals surface area contributed by atoms with E-state index in [4.69, 9.17) is 14.2 Å². The van der Waals surface area contributed by atoms with Crippen molar-refractivity contribution in [3.63, 3.8) is 0 Å². The van der Waals surface area contributed by atoms with Crippen molar-refractivity contribution in [1.29, 1.82) is 0 Å². The van der Waals surface area contributed by atoms with E-state index < -0.39 is 0 Å². The molecule has 0 radical (unpaired) electrons. The molecule has 2 aromatic rings. The third-order valence-corrected chi connectivity index (χ3v) is 4.32. The molecule has 1 amide bonds. The minimum atomic E-state index is 0.0345. The molecule has 138 valence electrons. The van der Waals surface area contributed by atoms with Gasteiger partial charge in [0.15, 0.2) is 11.5 Å². The largest absolute Gasteiger partial charge is 0.492 e. The third-order valence-electron chi connectivity index (χ3n) is 4.32. The minimum Gasteiger partial charge on any atom is -0.492 e. The lowest BCUT2D eigenvalue weighted by molar-refractivity contribution is -0.121. The van der Waals surface area contributed by atoms with Crippen LogP contribution in [-0.4, -0.2) is 25.9 Å². The van der Waals surface area contributed by atoms with E-state index in [1.54, 1.807) is 6.07 Å². The maximum Gasteiger partial charge on any atom is 0.231 e. The molecule has 0 atom stereocenters. The number of hydrogen-bond donors (Lipinski definition) is 1. The Morgan fingerprint density at radius 3 is 2.65 bits per heavy atom. The summed E-state index contributed by atoms with van der Waals surface area (Å²) in [4.78, 5) is 12.0. The summed E-state index contributed by atoms with van der Waals surface area (Å²) in [5.74, 6) is 2.68. The summed E-state index contributed by atoms with van der Waals surface area (Å²) in [5, 5.41) is 2.89. The second-order valence-electron chi connectivity index (χ2n) is 6.61. The van der Waals surface area contributed by atoms with Crippen molar-refractivity contribution in [2.75, 3.05) is 19.9 Å². The lowest BCUT2D eigenvalue weighted by Gasteiger charge is -2.09. The molecule has 0 fully saturated rings. The fourth-order valence-electron chi connectivity index (χ4n) is 2.74. The Hall–Kier alpha value is -2.69. The van der Waals surface area contributed by atoms with Gasteiger partial charge < -0.3 is 19.5 Å². The van der Waals surface area contributed by atoms with Crippen molar-refractivity contribution in [3.05, 3.63) is 53.6 Å². The van der Waals surface area contributed by atoms with E-state index in [0.29, 0.717) is 37.0 Å². The normalized spacial score (nSPS) is 12.3. The summed E-state index contributed by atoms with van der Waals surface area (Å²) in [6, 6.07) is 13.9. The van der Waals surface area contributed by atoms with E-state index in [1.807, 2.05) is 12.1 Å². The van der Waals surface area contributed by atoms with Gasteiger partial charge in [0.25, 0.3) is 0 Å². The molecule has 0 unspecified atom stereocenters. The van der Waals surface area contributed by atoms with Crippen LogP contribution in [0.1, 0.15) is 37.3 Å². The first-order chi connectivity index (χ1) is 12.6. The number of carbonyl (C=O) groups excluding carboxylic acids is 1. The van der Waals surface area contributed by atoms with Crippen LogP contribution >= 0.6 is 0 Å². The van der Waals surface area contributed by atoms with Gasteiger partial charge >= 0.3 is 0 Å². The van der Waals surface area contributed by atoms with Crippen LogP contribution in [0.2, 0.25) is 0 Å². The fraction of sp³-hybridized carbons (Fsp3) is 0.381. The molecule has 2 aromatic carbocycles. The fourth-order valence-corrected chi connectivity index (χ4v) is 2.74. The van der Waals surface area contributed by atoms with E-state index >= 15 is 0 Å².